The second-order valence-electron chi connectivity index (χ2n) is 13.7. The number of likely N-dealkylation sites (N-methyl/N-ethyl adjacent to an activating group) is 1. The first-order valence-corrected chi connectivity index (χ1v) is 17.3. The molecule has 11 nitrogen and oxygen atoms in total. The van der Waals surface area contributed by atoms with E-state index in [-0.39, 0.29) is 22.1 Å². The maximum absolute atomic E-state index is 12.6. The lowest BCUT2D eigenvalue weighted by Crippen LogP contribution is -2.41. The summed E-state index contributed by atoms with van der Waals surface area (Å²) in [5.41, 5.74) is 10.5. The van der Waals surface area contributed by atoms with Crippen molar-refractivity contribution in [3.8, 4) is 6.01 Å². The Bertz CT molecular complexity index is 1600. The Morgan fingerprint density at radius 1 is 1.13 bits per heavy atom. The molecule has 1 aromatic carbocycles. The van der Waals surface area contributed by atoms with E-state index in [2.05, 4.69) is 15.9 Å². The van der Waals surface area contributed by atoms with Crippen LogP contribution in [0.1, 0.15) is 48.1 Å². The monoisotopic (exact) mass is 683 g/mol. The SMILES string of the molecule is CN(C)C(=O)/C(N)=C(\Cl)C1=NCCCN(c2nc(OCC3(CN4CCOCC4)CC3)nc3c2CO[C@@]2(CCc4c(Cl)cccc42)C3)C1. The van der Waals surface area contributed by atoms with Gasteiger partial charge >= 0.3 is 6.01 Å². The highest BCUT2D eigenvalue weighted by molar-refractivity contribution is 6.45. The van der Waals surface area contributed by atoms with Crippen LogP contribution in [0.15, 0.2) is 33.9 Å². The zero-order valence-electron chi connectivity index (χ0n) is 27.2. The number of carbonyl (C=O) groups is 1. The maximum atomic E-state index is 12.6. The third kappa shape index (κ3) is 6.57. The number of morpholine rings is 1. The van der Waals surface area contributed by atoms with Crippen LogP contribution in [0.4, 0.5) is 5.82 Å². The molecule has 1 aromatic heterocycles. The molecule has 1 atom stereocenters. The maximum Gasteiger partial charge on any atom is 0.318 e. The first-order valence-electron chi connectivity index (χ1n) is 16.6. The van der Waals surface area contributed by atoms with Gasteiger partial charge in [0.2, 0.25) is 0 Å². The molecule has 1 amide bonds. The molecule has 0 radical (unpaired) electrons. The van der Waals surface area contributed by atoms with Crippen LogP contribution in [-0.4, -0.2) is 105 Å². The van der Waals surface area contributed by atoms with Crippen LogP contribution in [0.3, 0.4) is 0 Å². The van der Waals surface area contributed by atoms with E-state index in [1.807, 2.05) is 12.1 Å². The summed E-state index contributed by atoms with van der Waals surface area (Å²) >= 11 is 13.3. The summed E-state index contributed by atoms with van der Waals surface area (Å²) in [5.74, 6) is 0.393. The van der Waals surface area contributed by atoms with Gasteiger partial charge in [-0.05, 0) is 49.3 Å². The lowest BCUT2D eigenvalue weighted by atomic mass is 9.87. The number of nitrogens with zero attached hydrogens (tertiary/aromatic N) is 6. The summed E-state index contributed by atoms with van der Waals surface area (Å²) < 4.78 is 18.8. The highest BCUT2D eigenvalue weighted by atomic mass is 35.5. The van der Waals surface area contributed by atoms with E-state index >= 15 is 0 Å². The van der Waals surface area contributed by atoms with E-state index in [9.17, 15) is 4.79 Å². The van der Waals surface area contributed by atoms with Gasteiger partial charge in [0.25, 0.3) is 5.91 Å². The standard InChI is InChI=1S/C34H43Cl2N7O4/c1-41(2)31(44)29(37)28(36)27-18-43(12-4-11-38-27)30-23-19-47-34(8-7-22-24(34)5-3-6-25(22)35)17-26(23)39-32(40-30)46-21-33(9-10-33)20-42-13-15-45-16-14-42/h3,5-6H,4,7-21,37H2,1-2H3/b29-28+/t34-/m0/s1. The fourth-order valence-corrected chi connectivity index (χ4v) is 7.72. The van der Waals surface area contributed by atoms with Crippen molar-refractivity contribution >= 4 is 40.6 Å². The van der Waals surface area contributed by atoms with Gasteiger partial charge in [-0.1, -0.05) is 35.3 Å². The minimum atomic E-state index is -0.497. The largest absolute Gasteiger partial charge is 0.463 e. The molecule has 252 valence electrons. The van der Waals surface area contributed by atoms with Crippen LogP contribution in [-0.2, 0) is 39.3 Å². The Hall–Kier alpha value is -2.96. The van der Waals surface area contributed by atoms with Crippen molar-refractivity contribution in [2.75, 3.05) is 78.1 Å². The van der Waals surface area contributed by atoms with Gasteiger partial charge in [-0.2, -0.15) is 9.97 Å². The van der Waals surface area contributed by atoms with Gasteiger partial charge in [-0.3, -0.25) is 14.7 Å². The van der Waals surface area contributed by atoms with Crippen LogP contribution in [0, 0.1) is 5.41 Å². The molecule has 1 saturated heterocycles. The number of hydrogen-bond acceptors (Lipinski definition) is 10. The predicted molar refractivity (Wildman–Crippen MR) is 181 cm³/mol. The zero-order valence-corrected chi connectivity index (χ0v) is 28.7. The molecule has 7 rings (SSSR count). The number of amides is 1. The molecule has 1 saturated carbocycles. The molecule has 3 aliphatic heterocycles. The van der Waals surface area contributed by atoms with E-state index < -0.39 is 5.60 Å². The van der Waals surface area contributed by atoms with E-state index in [1.165, 1.54) is 4.90 Å². The summed E-state index contributed by atoms with van der Waals surface area (Å²) in [7, 11) is 3.29. The third-order valence-electron chi connectivity index (χ3n) is 10.2. The van der Waals surface area contributed by atoms with Gasteiger partial charge in [-0.15, -0.1) is 0 Å². The number of halogens is 2. The number of ether oxygens (including phenoxy) is 3. The van der Waals surface area contributed by atoms with Crippen LogP contribution in [0.25, 0.3) is 0 Å². The van der Waals surface area contributed by atoms with Crippen molar-refractivity contribution < 1.29 is 19.0 Å². The van der Waals surface area contributed by atoms with Crippen LogP contribution < -0.4 is 15.4 Å². The molecular weight excluding hydrogens is 641 g/mol. The van der Waals surface area contributed by atoms with Gasteiger partial charge in [0.15, 0.2) is 0 Å². The Morgan fingerprint density at radius 2 is 1.94 bits per heavy atom. The Labute approximate surface area is 286 Å². The number of nitrogens with two attached hydrogens (primary N) is 1. The van der Waals surface area contributed by atoms with E-state index in [0.29, 0.717) is 51.0 Å². The average molecular weight is 685 g/mol. The smallest absolute Gasteiger partial charge is 0.318 e. The third-order valence-corrected chi connectivity index (χ3v) is 10.9. The lowest BCUT2D eigenvalue weighted by Gasteiger charge is -2.37. The number of hydrogen-bond donors (Lipinski definition) is 1. The van der Waals surface area contributed by atoms with Crippen LogP contribution >= 0.6 is 23.2 Å². The first kappa shape index (κ1) is 32.6. The molecule has 13 heteroatoms. The average Bonchev–Trinajstić information content (AvgIpc) is 3.81. The molecule has 2 aliphatic carbocycles. The Kier molecular flexibility index (Phi) is 9.12. The second-order valence-corrected chi connectivity index (χ2v) is 14.5. The fraction of sp³-hybridized carbons (Fsp3) is 0.588. The highest BCUT2D eigenvalue weighted by Gasteiger charge is 2.47. The van der Waals surface area contributed by atoms with Gasteiger partial charge in [0.05, 0.1) is 55.0 Å². The van der Waals surface area contributed by atoms with Crippen molar-refractivity contribution in [3.05, 3.63) is 56.3 Å². The first-order chi connectivity index (χ1) is 22.7. The molecule has 5 aliphatic rings. The summed E-state index contributed by atoms with van der Waals surface area (Å²) in [6.45, 7) is 6.96. The zero-order chi connectivity index (χ0) is 32.8. The van der Waals surface area contributed by atoms with E-state index in [4.69, 9.17) is 58.1 Å². The molecule has 2 aromatic rings. The summed E-state index contributed by atoms with van der Waals surface area (Å²) in [5, 5.41) is 0.952. The molecule has 2 fully saturated rings. The Balaban J connectivity index is 1.20. The molecule has 2 N–H and O–H groups in total. The number of rotatable bonds is 8. The molecule has 47 heavy (non-hydrogen) atoms. The topological polar surface area (TPSA) is 119 Å². The Morgan fingerprint density at radius 3 is 2.70 bits per heavy atom. The van der Waals surface area contributed by atoms with Crippen molar-refractivity contribution in [1.82, 2.24) is 19.8 Å². The summed E-state index contributed by atoms with van der Waals surface area (Å²) in [6.07, 6.45) is 5.33. The summed E-state index contributed by atoms with van der Waals surface area (Å²) in [6, 6.07) is 6.45. The number of anilines is 1. The van der Waals surface area contributed by atoms with Gasteiger partial charge in [-0.25, -0.2) is 0 Å². The number of carbonyl (C=O) groups excluding carboxylic acids is 1. The molecule has 4 heterocycles. The van der Waals surface area contributed by atoms with Gasteiger partial charge < -0.3 is 29.7 Å². The number of fused-ring (bicyclic) bond motifs is 3. The molecular formula is C34H43Cl2N7O4. The van der Waals surface area contributed by atoms with Crippen molar-refractivity contribution in [3.63, 3.8) is 0 Å². The van der Waals surface area contributed by atoms with Crippen molar-refractivity contribution in [1.29, 1.82) is 0 Å². The number of aliphatic imine (C=N–C) groups is 1. The minimum absolute atomic E-state index is 0.0233. The summed E-state index contributed by atoms with van der Waals surface area (Å²) in [4.78, 5) is 33.5. The molecule has 0 bridgehead atoms. The van der Waals surface area contributed by atoms with E-state index in [1.54, 1.807) is 14.1 Å². The normalized spacial score (nSPS) is 24.2. The molecule has 0 unspecified atom stereocenters. The van der Waals surface area contributed by atoms with Crippen LogP contribution in [0.5, 0.6) is 6.01 Å². The van der Waals surface area contributed by atoms with E-state index in [0.717, 1.165) is 98.2 Å². The predicted octanol–water partition coefficient (Wildman–Crippen LogP) is 3.68. The highest BCUT2D eigenvalue weighted by Crippen LogP contribution is 2.49. The van der Waals surface area contributed by atoms with Crippen molar-refractivity contribution in [2.45, 2.75) is 50.7 Å². The number of benzene rings is 1. The fourth-order valence-electron chi connectivity index (χ4n) is 7.25. The quantitative estimate of drug-likeness (QED) is 0.416. The number of aromatic nitrogens is 2. The van der Waals surface area contributed by atoms with Crippen molar-refractivity contribution in [2.24, 2.45) is 16.1 Å². The minimum Gasteiger partial charge on any atom is -0.463 e. The second kappa shape index (κ2) is 13.2. The lowest BCUT2D eigenvalue weighted by molar-refractivity contribution is -0.124. The van der Waals surface area contributed by atoms with Gasteiger partial charge in [0, 0.05) is 69.2 Å². The molecule has 1 spiro atoms. The van der Waals surface area contributed by atoms with Gasteiger partial charge in [0.1, 0.15) is 11.5 Å². The van der Waals surface area contributed by atoms with Crippen LogP contribution in [0.2, 0.25) is 5.02 Å².